The number of hydrogen-bond donors (Lipinski definition) is 2. The highest BCUT2D eigenvalue weighted by Gasteiger charge is 2.06. The van der Waals surface area contributed by atoms with Crippen molar-refractivity contribution in [1.29, 1.82) is 0 Å². The number of hydrogen-bond acceptors (Lipinski definition) is 2. The van der Waals surface area contributed by atoms with Gasteiger partial charge in [-0.15, -0.1) is 0 Å². The maximum absolute atomic E-state index is 5.63. The molecule has 4 N–H and O–H groups in total. The lowest BCUT2D eigenvalue weighted by Crippen LogP contribution is -2.23. The molecule has 2 heteroatoms. The Morgan fingerprint density at radius 3 is 1.36 bits per heavy atom. The van der Waals surface area contributed by atoms with Crippen molar-refractivity contribution in [1.82, 2.24) is 0 Å². The minimum Gasteiger partial charge on any atom is -0.328 e. The highest BCUT2D eigenvalue weighted by molar-refractivity contribution is 4.64. The van der Waals surface area contributed by atoms with Crippen LogP contribution >= 0.6 is 0 Å². The monoisotopic (exact) mass is 160 g/mol. The van der Waals surface area contributed by atoms with Crippen molar-refractivity contribution >= 4 is 0 Å². The third-order valence-corrected chi connectivity index (χ3v) is 1.55. The highest BCUT2D eigenvalue weighted by Crippen LogP contribution is 2.10. The van der Waals surface area contributed by atoms with Crippen LogP contribution in [-0.2, 0) is 0 Å². The zero-order valence-electron chi connectivity index (χ0n) is 7.30. The topological polar surface area (TPSA) is 52.0 Å². The molecule has 2 nitrogen and oxygen atoms in total. The van der Waals surface area contributed by atoms with Crippen molar-refractivity contribution in [3.63, 3.8) is 0 Å². The Hall–Kier alpha value is -0.0800. The molecular formula is C9H24N2. The SMILES string of the molecule is C.CC(N)CC(C)CC(C)N. The molecule has 0 saturated heterocycles. The maximum Gasteiger partial charge on any atom is 0.00130 e. The van der Waals surface area contributed by atoms with Crippen LogP contribution in [0, 0.1) is 5.92 Å². The Morgan fingerprint density at radius 1 is 0.909 bits per heavy atom. The van der Waals surface area contributed by atoms with E-state index in [-0.39, 0.29) is 7.43 Å². The lowest BCUT2D eigenvalue weighted by Gasteiger charge is -2.15. The van der Waals surface area contributed by atoms with E-state index in [1.165, 1.54) is 0 Å². The highest BCUT2D eigenvalue weighted by atomic mass is 14.6. The van der Waals surface area contributed by atoms with Crippen molar-refractivity contribution < 1.29 is 0 Å². The first-order valence-electron chi connectivity index (χ1n) is 4.03. The van der Waals surface area contributed by atoms with Gasteiger partial charge in [0.1, 0.15) is 0 Å². The second kappa shape index (κ2) is 6.62. The molecule has 0 saturated carbocycles. The second-order valence-electron chi connectivity index (χ2n) is 3.53. The summed E-state index contributed by atoms with van der Waals surface area (Å²) >= 11 is 0. The van der Waals surface area contributed by atoms with Gasteiger partial charge in [0, 0.05) is 12.1 Å². The summed E-state index contributed by atoms with van der Waals surface area (Å²) in [7, 11) is 0. The van der Waals surface area contributed by atoms with Crippen LogP contribution in [0.1, 0.15) is 41.0 Å². The van der Waals surface area contributed by atoms with Gasteiger partial charge in [0.15, 0.2) is 0 Å². The van der Waals surface area contributed by atoms with Gasteiger partial charge in [0.05, 0.1) is 0 Å². The van der Waals surface area contributed by atoms with Crippen LogP contribution in [0.3, 0.4) is 0 Å². The lowest BCUT2D eigenvalue weighted by molar-refractivity contribution is 0.422. The van der Waals surface area contributed by atoms with Gasteiger partial charge in [-0.1, -0.05) is 14.4 Å². The van der Waals surface area contributed by atoms with E-state index in [2.05, 4.69) is 6.92 Å². The van der Waals surface area contributed by atoms with Crippen molar-refractivity contribution in [2.24, 2.45) is 17.4 Å². The Bertz CT molecular complexity index is 69.6. The molecular weight excluding hydrogens is 136 g/mol. The molecule has 0 amide bonds. The minimum atomic E-state index is 0. The van der Waals surface area contributed by atoms with E-state index in [1.54, 1.807) is 0 Å². The third-order valence-electron chi connectivity index (χ3n) is 1.55. The predicted molar refractivity (Wildman–Crippen MR) is 52.4 cm³/mol. The molecule has 0 spiro atoms. The molecule has 0 aromatic heterocycles. The average Bonchev–Trinajstić information content (AvgIpc) is 1.58. The summed E-state index contributed by atoms with van der Waals surface area (Å²) in [6, 6.07) is 0.627. The first-order valence-corrected chi connectivity index (χ1v) is 4.03. The van der Waals surface area contributed by atoms with Crippen LogP contribution in [0.5, 0.6) is 0 Å². The van der Waals surface area contributed by atoms with Crippen LogP contribution < -0.4 is 11.5 Å². The van der Waals surface area contributed by atoms with Gasteiger partial charge in [-0.3, -0.25) is 0 Å². The van der Waals surface area contributed by atoms with Crippen LogP contribution in [-0.4, -0.2) is 12.1 Å². The van der Waals surface area contributed by atoms with Gasteiger partial charge in [-0.05, 0) is 32.6 Å². The summed E-state index contributed by atoms with van der Waals surface area (Å²) in [5.41, 5.74) is 11.3. The first-order chi connectivity index (χ1) is 4.52. The van der Waals surface area contributed by atoms with Gasteiger partial charge in [-0.2, -0.15) is 0 Å². The minimum absolute atomic E-state index is 0. The lowest BCUT2D eigenvalue weighted by atomic mass is 9.97. The third kappa shape index (κ3) is 9.92. The van der Waals surface area contributed by atoms with Crippen molar-refractivity contribution in [2.45, 2.75) is 53.1 Å². The molecule has 0 aromatic rings. The van der Waals surface area contributed by atoms with Gasteiger partial charge >= 0.3 is 0 Å². The average molecular weight is 160 g/mol. The van der Waals surface area contributed by atoms with Gasteiger partial charge < -0.3 is 11.5 Å². The molecule has 0 aliphatic rings. The van der Waals surface area contributed by atoms with Crippen LogP contribution in [0.25, 0.3) is 0 Å². The van der Waals surface area contributed by atoms with E-state index >= 15 is 0 Å². The molecule has 2 atom stereocenters. The van der Waals surface area contributed by atoms with Gasteiger partial charge in [0.25, 0.3) is 0 Å². The van der Waals surface area contributed by atoms with Gasteiger partial charge in [0.2, 0.25) is 0 Å². The molecule has 2 unspecified atom stereocenters. The quantitative estimate of drug-likeness (QED) is 0.658. The number of rotatable bonds is 4. The Balaban J connectivity index is 0. The van der Waals surface area contributed by atoms with E-state index in [1.807, 2.05) is 13.8 Å². The summed E-state index contributed by atoms with van der Waals surface area (Å²) in [5, 5.41) is 0. The molecule has 0 rings (SSSR count). The van der Waals surface area contributed by atoms with Crippen LogP contribution in [0.4, 0.5) is 0 Å². The number of nitrogens with two attached hydrogens (primary N) is 2. The molecule has 0 radical (unpaired) electrons. The Morgan fingerprint density at radius 2 is 1.18 bits per heavy atom. The largest absolute Gasteiger partial charge is 0.328 e. The molecule has 0 aromatic carbocycles. The van der Waals surface area contributed by atoms with E-state index in [9.17, 15) is 0 Å². The van der Waals surface area contributed by atoms with E-state index in [0.29, 0.717) is 18.0 Å². The molecule has 0 aliphatic heterocycles. The van der Waals surface area contributed by atoms with Crippen LogP contribution in [0.2, 0.25) is 0 Å². The van der Waals surface area contributed by atoms with Crippen molar-refractivity contribution in [3.8, 4) is 0 Å². The smallest absolute Gasteiger partial charge is 0.00130 e. The normalized spacial score (nSPS) is 18.3. The molecule has 0 bridgehead atoms. The summed E-state index contributed by atoms with van der Waals surface area (Å²) in [4.78, 5) is 0. The second-order valence-corrected chi connectivity index (χ2v) is 3.53. The summed E-state index contributed by atoms with van der Waals surface area (Å²) in [6.45, 7) is 6.28. The fourth-order valence-electron chi connectivity index (χ4n) is 1.37. The zero-order chi connectivity index (χ0) is 8.15. The Labute approximate surface area is 71.3 Å². The molecule has 11 heavy (non-hydrogen) atoms. The standard InChI is InChI=1S/C8H20N2.CH4/c1-6(4-7(2)9)5-8(3)10;/h6-8H,4-5,9-10H2,1-3H3;1H4. The first kappa shape index (κ1) is 13.5. The predicted octanol–water partition coefficient (Wildman–Crippen LogP) is 1.73. The molecule has 70 valence electrons. The Kier molecular flexibility index (Phi) is 8.13. The van der Waals surface area contributed by atoms with E-state index in [4.69, 9.17) is 11.5 Å². The summed E-state index contributed by atoms with van der Waals surface area (Å²) < 4.78 is 0. The zero-order valence-corrected chi connectivity index (χ0v) is 7.30. The fourth-order valence-corrected chi connectivity index (χ4v) is 1.37. The molecule has 0 fully saturated rings. The molecule has 0 aliphatic carbocycles. The van der Waals surface area contributed by atoms with Crippen molar-refractivity contribution in [2.75, 3.05) is 0 Å². The molecule has 0 heterocycles. The van der Waals surface area contributed by atoms with E-state index < -0.39 is 0 Å². The van der Waals surface area contributed by atoms with Crippen LogP contribution in [0.15, 0.2) is 0 Å². The summed E-state index contributed by atoms with van der Waals surface area (Å²) in [6.07, 6.45) is 2.17. The van der Waals surface area contributed by atoms with Gasteiger partial charge in [-0.25, -0.2) is 0 Å². The maximum atomic E-state index is 5.63. The summed E-state index contributed by atoms with van der Waals surface area (Å²) in [5.74, 6) is 0.667. The van der Waals surface area contributed by atoms with E-state index in [0.717, 1.165) is 12.8 Å². The fraction of sp³-hybridized carbons (Fsp3) is 1.00. The van der Waals surface area contributed by atoms with Crippen molar-refractivity contribution in [3.05, 3.63) is 0 Å².